The molecule has 0 amide bonds. The second kappa shape index (κ2) is 6.02. The van der Waals surface area contributed by atoms with Gasteiger partial charge in [-0.25, -0.2) is 9.78 Å². The monoisotopic (exact) mass is 361 g/mol. The van der Waals surface area contributed by atoms with Gasteiger partial charge in [-0.15, -0.1) is 0 Å². The summed E-state index contributed by atoms with van der Waals surface area (Å²) in [5.41, 5.74) is -1.02. The average Bonchev–Trinajstić information content (AvgIpc) is 2.59. The number of fused-ring (bicyclic) bond motifs is 1. The Balaban J connectivity index is 2.29. The first-order valence-electron chi connectivity index (χ1n) is 7.07. The van der Waals surface area contributed by atoms with E-state index in [0.29, 0.717) is 10.7 Å². The first kappa shape index (κ1) is 16.7. The molecular weight excluding hydrogens is 350 g/mol. The average molecular weight is 362 g/mol. The van der Waals surface area contributed by atoms with E-state index in [2.05, 4.69) is 10.3 Å². The molecule has 0 aliphatic rings. The van der Waals surface area contributed by atoms with Gasteiger partial charge in [-0.1, -0.05) is 11.6 Å². The maximum Gasteiger partial charge on any atom is 0.332 e. The zero-order valence-electron chi connectivity index (χ0n) is 13.2. The summed E-state index contributed by atoms with van der Waals surface area (Å²) in [5.74, 6) is -0.0805. The van der Waals surface area contributed by atoms with Crippen LogP contribution in [0.4, 0.5) is 17.2 Å². The molecular formula is C15H12ClN5O4. The number of benzene rings is 1. The van der Waals surface area contributed by atoms with Gasteiger partial charge in [0.15, 0.2) is 5.65 Å². The molecule has 0 radical (unpaired) electrons. The molecule has 2 heterocycles. The van der Waals surface area contributed by atoms with Crippen molar-refractivity contribution in [1.82, 2.24) is 14.1 Å². The standard InChI is InChI=1S/C15H12ClN5O4/c1-19-13-10(14(22)20(2)15(19)23)7-11(21(24)25)12(18-13)17-9-5-3-8(16)4-6-9/h3-7H,1-2H3,(H,17,18). The predicted octanol–water partition coefficient (Wildman–Crippen LogP) is 1.94. The van der Waals surface area contributed by atoms with Gasteiger partial charge in [0.2, 0.25) is 5.82 Å². The van der Waals surface area contributed by atoms with E-state index in [9.17, 15) is 19.7 Å². The van der Waals surface area contributed by atoms with Crippen LogP contribution in [0.3, 0.4) is 0 Å². The molecule has 1 aromatic carbocycles. The molecule has 0 aliphatic carbocycles. The molecule has 25 heavy (non-hydrogen) atoms. The lowest BCUT2D eigenvalue weighted by atomic mass is 10.2. The van der Waals surface area contributed by atoms with Gasteiger partial charge in [-0.2, -0.15) is 0 Å². The summed E-state index contributed by atoms with van der Waals surface area (Å²) >= 11 is 5.82. The SMILES string of the molecule is Cn1c(=O)c2cc([N+](=O)[O-])c(Nc3ccc(Cl)cc3)nc2n(C)c1=O. The van der Waals surface area contributed by atoms with E-state index in [-0.39, 0.29) is 22.5 Å². The molecule has 1 N–H and O–H groups in total. The fourth-order valence-electron chi connectivity index (χ4n) is 2.39. The Hall–Kier alpha value is -3.20. The minimum atomic E-state index is -0.647. The Morgan fingerprint density at radius 3 is 2.40 bits per heavy atom. The number of anilines is 2. The number of pyridine rings is 1. The summed E-state index contributed by atoms with van der Waals surface area (Å²) in [6.45, 7) is 0. The highest BCUT2D eigenvalue weighted by Gasteiger charge is 2.21. The summed E-state index contributed by atoms with van der Waals surface area (Å²) in [7, 11) is 2.74. The van der Waals surface area contributed by atoms with Crippen LogP contribution in [-0.2, 0) is 14.1 Å². The lowest BCUT2D eigenvalue weighted by Gasteiger charge is -2.10. The van der Waals surface area contributed by atoms with E-state index in [4.69, 9.17) is 11.6 Å². The number of halogens is 1. The van der Waals surface area contributed by atoms with E-state index in [0.717, 1.165) is 15.2 Å². The first-order chi connectivity index (χ1) is 11.8. The third-order valence-corrected chi connectivity index (χ3v) is 3.96. The van der Waals surface area contributed by atoms with Crippen LogP contribution in [0.1, 0.15) is 0 Å². The van der Waals surface area contributed by atoms with E-state index in [1.807, 2.05) is 0 Å². The number of hydrogen-bond donors (Lipinski definition) is 1. The van der Waals surface area contributed by atoms with Crippen LogP contribution in [0.2, 0.25) is 5.02 Å². The molecule has 0 saturated heterocycles. The smallest absolute Gasteiger partial charge is 0.332 e. The van der Waals surface area contributed by atoms with Crippen molar-refractivity contribution in [1.29, 1.82) is 0 Å². The Kier molecular flexibility index (Phi) is 4.01. The molecule has 10 heteroatoms. The molecule has 0 spiro atoms. The van der Waals surface area contributed by atoms with Gasteiger partial charge >= 0.3 is 11.4 Å². The van der Waals surface area contributed by atoms with Crippen molar-refractivity contribution in [3.8, 4) is 0 Å². The van der Waals surface area contributed by atoms with Crippen LogP contribution >= 0.6 is 11.6 Å². The molecule has 0 saturated carbocycles. The van der Waals surface area contributed by atoms with E-state index < -0.39 is 16.2 Å². The number of nitrogens with one attached hydrogen (secondary N) is 1. The third kappa shape index (κ3) is 2.85. The van der Waals surface area contributed by atoms with Crippen molar-refractivity contribution in [2.24, 2.45) is 14.1 Å². The van der Waals surface area contributed by atoms with Crippen LogP contribution in [0.25, 0.3) is 11.0 Å². The summed E-state index contributed by atoms with van der Waals surface area (Å²) in [4.78, 5) is 39.2. The molecule has 3 aromatic rings. The minimum Gasteiger partial charge on any atom is -0.334 e. The maximum absolute atomic E-state index is 12.2. The normalized spacial score (nSPS) is 10.8. The van der Waals surface area contributed by atoms with E-state index >= 15 is 0 Å². The summed E-state index contributed by atoms with van der Waals surface area (Å²) < 4.78 is 2.04. The fourth-order valence-corrected chi connectivity index (χ4v) is 2.52. The molecule has 3 rings (SSSR count). The zero-order chi connectivity index (χ0) is 18.3. The zero-order valence-corrected chi connectivity index (χ0v) is 13.9. The number of nitro groups is 1. The van der Waals surface area contributed by atoms with Gasteiger partial charge < -0.3 is 5.32 Å². The van der Waals surface area contributed by atoms with Crippen LogP contribution in [0, 0.1) is 10.1 Å². The van der Waals surface area contributed by atoms with Crippen molar-refractivity contribution in [2.45, 2.75) is 0 Å². The predicted molar refractivity (Wildman–Crippen MR) is 93.6 cm³/mol. The van der Waals surface area contributed by atoms with Crippen LogP contribution < -0.4 is 16.6 Å². The first-order valence-corrected chi connectivity index (χ1v) is 7.45. The second-order valence-electron chi connectivity index (χ2n) is 5.32. The van der Waals surface area contributed by atoms with Crippen molar-refractivity contribution < 1.29 is 4.92 Å². The maximum atomic E-state index is 12.2. The van der Waals surface area contributed by atoms with Crippen molar-refractivity contribution >= 4 is 39.8 Å². The lowest BCUT2D eigenvalue weighted by Crippen LogP contribution is -2.37. The fraction of sp³-hybridized carbons (Fsp3) is 0.133. The number of aryl methyl sites for hydroxylation is 1. The van der Waals surface area contributed by atoms with Crippen molar-refractivity contribution in [3.63, 3.8) is 0 Å². The summed E-state index contributed by atoms with van der Waals surface area (Å²) in [6, 6.07) is 7.59. The third-order valence-electron chi connectivity index (χ3n) is 3.71. The molecule has 0 fully saturated rings. The van der Waals surface area contributed by atoms with Crippen molar-refractivity contribution in [3.05, 3.63) is 66.3 Å². The summed E-state index contributed by atoms with van der Waals surface area (Å²) in [5, 5.41) is 14.7. The van der Waals surface area contributed by atoms with Gasteiger partial charge in [-0.3, -0.25) is 24.0 Å². The van der Waals surface area contributed by atoms with Gasteiger partial charge in [0.1, 0.15) is 0 Å². The number of rotatable bonds is 3. The van der Waals surface area contributed by atoms with E-state index in [1.54, 1.807) is 24.3 Å². The number of hydrogen-bond acceptors (Lipinski definition) is 6. The quantitative estimate of drug-likeness (QED) is 0.563. The molecule has 128 valence electrons. The molecule has 2 aromatic heterocycles. The molecule has 0 bridgehead atoms. The molecule has 0 aliphatic heterocycles. The number of aromatic nitrogens is 3. The summed E-state index contributed by atoms with van der Waals surface area (Å²) in [6.07, 6.45) is 0. The van der Waals surface area contributed by atoms with Crippen molar-refractivity contribution in [2.75, 3.05) is 5.32 Å². The van der Waals surface area contributed by atoms with Crippen LogP contribution in [-0.4, -0.2) is 19.0 Å². The highest BCUT2D eigenvalue weighted by molar-refractivity contribution is 6.30. The number of nitrogens with zero attached hydrogens (tertiary/aromatic N) is 4. The highest BCUT2D eigenvalue weighted by Crippen LogP contribution is 2.28. The molecule has 9 nitrogen and oxygen atoms in total. The molecule has 0 unspecified atom stereocenters. The second-order valence-corrected chi connectivity index (χ2v) is 5.76. The van der Waals surface area contributed by atoms with Gasteiger partial charge in [-0.05, 0) is 24.3 Å². The van der Waals surface area contributed by atoms with Gasteiger partial charge in [0.25, 0.3) is 5.56 Å². The van der Waals surface area contributed by atoms with Crippen LogP contribution in [0.5, 0.6) is 0 Å². The largest absolute Gasteiger partial charge is 0.334 e. The van der Waals surface area contributed by atoms with Crippen LogP contribution in [0.15, 0.2) is 39.9 Å². The Labute approximate surface area is 145 Å². The highest BCUT2D eigenvalue weighted by atomic mass is 35.5. The minimum absolute atomic E-state index is 0.0158. The Bertz CT molecular complexity index is 1120. The van der Waals surface area contributed by atoms with Gasteiger partial charge in [0, 0.05) is 30.9 Å². The molecule has 0 atom stereocenters. The lowest BCUT2D eigenvalue weighted by molar-refractivity contribution is -0.384. The topological polar surface area (TPSA) is 112 Å². The van der Waals surface area contributed by atoms with Gasteiger partial charge in [0.05, 0.1) is 10.3 Å². The Morgan fingerprint density at radius 2 is 1.80 bits per heavy atom. The Morgan fingerprint density at radius 1 is 1.16 bits per heavy atom. The van der Waals surface area contributed by atoms with E-state index in [1.165, 1.54) is 14.1 Å².